The van der Waals surface area contributed by atoms with Gasteiger partial charge in [-0.3, -0.25) is 4.79 Å². The molecule has 1 N–H and O–H groups in total. The number of esters is 1. The summed E-state index contributed by atoms with van der Waals surface area (Å²) in [5.41, 5.74) is 0.828. The van der Waals surface area contributed by atoms with Gasteiger partial charge in [0.25, 0.3) is 0 Å². The number of benzene rings is 1. The topological polar surface area (TPSA) is 85.3 Å². The second kappa shape index (κ2) is 8.51. The summed E-state index contributed by atoms with van der Waals surface area (Å²) < 4.78 is 10.4. The summed E-state index contributed by atoms with van der Waals surface area (Å²) in [6.07, 6.45) is -0.286. The number of carbonyl (C=O) groups is 2. The van der Waals surface area contributed by atoms with Gasteiger partial charge in [-0.05, 0) is 31.7 Å². The van der Waals surface area contributed by atoms with Crippen LogP contribution in [-0.4, -0.2) is 40.7 Å². The van der Waals surface area contributed by atoms with E-state index >= 15 is 0 Å². The number of hydrogen-bond donors (Lipinski definition) is 1. The quantitative estimate of drug-likeness (QED) is 0.780. The fraction of sp³-hybridized carbons (Fsp3) is 0.579. The van der Waals surface area contributed by atoms with E-state index in [9.17, 15) is 14.7 Å². The second-order valence-corrected chi connectivity index (χ2v) is 6.94. The lowest BCUT2D eigenvalue weighted by molar-refractivity contribution is -0.269. The molecular weight excluding hydrogens is 338 g/mol. The average Bonchev–Trinajstić information content (AvgIpc) is 2.84. The van der Waals surface area contributed by atoms with E-state index in [1.807, 2.05) is 44.2 Å². The molecule has 1 aliphatic heterocycles. The first-order chi connectivity index (χ1) is 12.3. The van der Waals surface area contributed by atoms with Crippen LogP contribution in [0.3, 0.4) is 0 Å². The van der Waals surface area contributed by atoms with Crippen LogP contribution in [0.25, 0.3) is 0 Å². The number of aliphatic hydroxyl groups is 1. The highest BCUT2D eigenvalue weighted by Crippen LogP contribution is 2.39. The van der Waals surface area contributed by atoms with Crippen molar-refractivity contribution in [2.75, 3.05) is 6.61 Å². The Labute approximate surface area is 153 Å². The van der Waals surface area contributed by atoms with Gasteiger partial charge in [-0.25, -0.2) is 9.63 Å². The maximum atomic E-state index is 12.5. The van der Waals surface area contributed by atoms with Crippen molar-refractivity contribution in [2.24, 2.45) is 11.8 Å². The lowest BCUT2D eigenvalue weighted by Crippen LogP contribution is -2.43. The highest BCUT2D eigenvalue weighted by Gasteiger charge is 2.57. The van der Waals surface area contributed by atoms with E-state index in [-0.39, 0.29) is 19.1 Å². The third kappa shape index (κ3) is 4.74. The molecule has 1 unspecified atom stereocenters. The zero-order chi connectivity index (χ0) is 19.3. The number of ether oxygens (including phenoxy) is 2. The normalized spacial score (nSPS) is 25.4. The van der Waals surface area contributed by atoms with E-state index in [1.54, 1.807) is 6.92 Å². The molecule has 0 spiro atoms. The predicted molar refractivity (Wildman–Crippen MR) is 93.5 cm³/mol. The van der Waals surface area contributed by atoms with Gasteiger partial charge < -0.3 is 14.6 Å². The molecule has 1 amide bonds. The van der Waals surface area contributed by atoms with E-state index in [2.05, 4.69) is 0 Å². The Balaban J connectivity index is 2.16. The van der Waals surface area contributed by atoms with Crippen LogP contribution in [0, 0.1) is 11.8 Å². The molecule has 2 rings (SSSR count). The predicted octanol–water partition coefficient (Wildman–Crippen LogP) is 2.87. The lowest BCUT2D eigenvalue weighted by atomic mass is 9.87. The smallest absolute Gasteiger partial charge is 0.434 e. The third-order valence-corrected chi connectivity index (χ3v) is 4.18. The number of hydroxylamine groups is 2. The molecule has 7 heteroatoms. The molecular formula is C19H27NO6. The summed E-state index contributed by atoms with van der Waals surface area (Å²) in [4.78, 5) is 30.3. The van der Waals surface area contributed by atoms with E-state index in [1.165, 1.54) is 6.92 Å². The lowest BCUT2D eigenvalue weighted by Gasteiger charge is -2.25. The van der Waals surface area contributed by atoms with Gasteiger partial charge in [-0.2, -0.15) is 5.06 Å². The molecule has 7 nitrogen and oxygen atoms in total. The maximum absolute atomic E-state index is 12.5. The van der Waals surface area contributed by atoms with Gasteiger partial charge in [-0.15, -0.1) is 0 Å². The first-order valence-corrected chi connectivity index (χ1v) is 8.84. The van der Waals surface area contributed by atoms with E-state index in [0.717, 1.165) is 10.6 Å². The highest BCUT2D eigenvalue weighted by atomic mass is 16.8. The average molecular weight is 365 g/mol. The van der Waals surface area contributed by atoms with Crippen LogP contribution in [0.1, 0.15) is 39.7 Å². The number of carbonyl (C=O) groups excluding carboxylic acids is 2. The number of nitrogens with zero attached hydrogens (tertiary/aromatic N) is 1. The minimum atomic E-state index is -1.85. The van der Waals surface area contributed by atoms with Gasteiger partial charge in [0, 0.05) is 0 Å². The minimum absolute atomic E-state index is 0.0696. The van der Waals surface area contributed by atoms with Crippen molar-refractivity contribution >= 4 is 12.1 Å². The van der Waals surface area contributed by atoms with Crippen molar-refractivity contribution in [3.63, 3.8) is 0 Å². The number of amides is 1. The van der Waals surface area contributed by atoms with Crippen molar-refractivity contribution in [1.29, 1.82) is 0 Å². The van der Waals surface area contributed by atoms with Gasteiger partial charge in [0.1, 0.15) is 12.5 Å². The van der Waals surface area contributed by atoms with Crippen LogP contribution in [0.5, 0.6) is 0 Å². The van der Waals surface area contributed by atoms with Crippen LogP contribution in [0.4, 0.5) is 4.79 Å². The number of rotatable bonds is 6. The molecule has 3 atom stereocenters. The molecule has 1 saturated heterocycles. The molecule has 0 aliphatic carbocycles. The molecule has 0 bridgehead atoms. The third-order valence-electron chi connectivity index (χ3n) is 4.18. The van der Waals surface area contributed by atoms with Crippen LogP contribution in [-0.2, 0) is 25.7 Å². The fourth-order valence-electron chi connectivity index (χ4n) is 3.09. The summed E-state index contributed by atoms with van der Waals surface area (Å²) in [5, 5.41) is 11.5. The Morgan fingerprint density at radius 2 is 1.92 bits per heavy atom. The van der Waals surface area contributed by atoms with Crippen molar-refractivity contribution in [3.05, 3.63) is 35.9 Å². The SMILES string of the molecule is CCOC(=O)[C@@H]1[C@@H](CC(C)C)N(C(=O)OCc2ccccc2)OC1(C)O. The zero-order valence-electron chi connectivity index (χ0n) is 15.7. The van der Waals surface area contributed by atoms with Crippen molar-refractivity contribution < 1.29 is 29.0 Å². The Morgan fingerprint density at radius 3 is 2.50 bits per heavy atom. The summed E-state index contributed by atoms with van der Waals surface area (Å²) in [6.45, 7) is 7.21. The summed E-state index contributed by atoms with van der Waals surface area (Å²) in [5.74, 6) is -3.29. The van der Waals surface area contributed by atoms with Crippen molar-refractivity contribution in [3.8, 4) is 0 Å². The standard InChI is InChI=1S/C19H27NO6/c1-5-24-17(21)16-15(11-13(2)3)20(26-19(16,4)23)18(22)25-12-14-9-7-6-8-10-14/h6-10,13,15-16,23H,5,11-12H2,1-4H3/t15-,16+,19?/m1/s1. The van der Waals surface area contributed by atoms with Crippen LogP contribution in [0.2, 0.25) is 0 Å². The van der Waals surface area contributed by atoms with Crippen LogP contribution < -0.4 is 0 Å². The molecule has 1 heterocycles. The molecule has 0 radical (unpaired) electrons. The summed E-state index contributed by atoms with van der Waals surface area (Å²) in [6, 6.07) is 8.56. The summed E-state index contributed by atoms with van der Waals surface area (Å²) >= 11 is 0. The second-order valence-electron chi connectivity index (χ2n) is 6.94. The Hall–Kier alpha value is -2.12. The van der Waals surface area contributed by atoms with E-state index in [0.29, 0.717) is 6.42 Å². The first kappa shape index (κ1) is 20.2. The summed E-state index contributed by atoms with van der Waals surface area (Å²) in [7, 11) is 0. The first-order valence-electron chi connectivity index (χ1n) is 8.84. The number of hydrogen-bond acceptors (Lipinski definition) is 6. The molecule has 1 aliphatic rings. The molecule has 0 aromatic heterocycles. The van der Waals surface area contributed by atoms with Crippen LogP contribution in [0.15, 0.2) is 30.3 Å². The fourth-order valence-corrected chi connectivity index (χ4v) is 3.09. The van der Waals surface area contributed by atoms with Gasteiger partial charge >= 0.3 is 12.1 Å². The monoisotopic (exact) mass is 365 g/mol. The molecule has 26 heavy (non-hydrogen) atoms. The molecule has 144 valence electrons. The Bertz CT molecular complexity index is 616. The maximum Gasteiger partial charge on any atom is 0.434 e. The van der Waals surface area contributed by atoms with E-state index in [4.69, 9.17) is 14.3 Å². The Morgan fingerprint density at radius 1 is 1.27 bits per heavy atom. The minimum Gasteiger partial charge on any atom is -0.466 e. The van der Waals surface area contributed by atoms with Gasteiger partial charge in [0.15, 0.2) is 0 Å². The van der Waals surface area contributed by atoms with Crippen molar-refractivity contribution in [1.82, 2.24) is 5.06 Å². The zero-order valence-corrected chi connectivity index (χ0v) is 15.7. The molecule has 1 aromatic carbocycles. The Kier molecular flexibility index (Phi) is 6.61. The molecule has 1 aromatic rings. The molecule has 1 fully saturated rings. The largest absolute Gasteiger partial charge is 0.466 e. The van der Waals surface area contributed by atoms with Gasteiger partial charge in [0.2, 0.25) is 5.79 Å². The van der Waals surface area contributed by atoms with Gasteiger partial charge in [0.05, 0.1) is 12.6 Å². The highest BCUT2D eigenvalue weighted by molar-refractivity contribution is 5.77. The molecule has 0 saturated carbocycles. The van der Waals surface area contributed by atoms with Crippen molar-refractivity contribution in [2.45, 2.75) is 52.6 Å². The van der Waals surface area contributed by atoms with Gasteiger partial charge in [-0.1, -0.05) is 44.2 Å². The van der Waals surface area contributed by atoms with Crippen LogP contribution >= 0.6 is 0 Å². The van der Waals surface area contributed by atoms with E-state index < -0.39 is 29.8 Å².